The predicted octanol–water partition coefficient (Wildman–Crippen LogP) is 2.80. The minimum atomic E-state index is 0.143. The van der Waals surface area contributed by atoms with E-state index in [4.69, 9.17) is 11.1 Å². The summed E-state index contributed by atoms with van der Waals surface area (Å²) in [4.78, 5) is 5.39. The fourth-order valence-electron chi connectivity index (χ4n) is 1.21. The Balaban J connectivity index is 2.93. The summed E-state index contributed by atoms with van der Waals surface area (Å²) in [6.07, 6.45) is 0. The van der Waals surface area contributed by atoms with Crippen LogP contribution >= 0.6 is 23.1 Å². The van der Waals surface area contributed by atoms with Crippen LogP contribution < -0.4 is 5.73 Å². The maximum Gasteiger partial charge on any atom is 0.135 e. The largest absolute Gasteiger partial charge is 0.383 e. The van der Waals surface area contributed by atoms with E-state index in [1.807, 2.05) is 11.8 Å². The first-order valence-corrected chi connectivity index (χ1v) is 6.95. The summed E-state index contributed by atoms with van der Waals surface area (Å²) < 4.78 is 0. The molecule has 0 bridgehead atoms. The van der Waals surface area contributed by atoms with Crippen LogP contribution in [0.25, 0.3) is 0 Å². The van der Waals surface area contributed by atoms with Crippen molar-refractivity contribution in [3.05, 3.63) is 15.6 Å². The van der Waals surface area contributed by atoms with Crippen LogP contribution in [0.3, 0.4) is 0 Å². The highest BCUT2D eigenvalue weighted by Crippen LogP contribution is 2.26. The zero-order valence-electron chi connectivity index (χ0n) is 9.33. The van der Waals surface area contributed by atoms with E-state index in [0.29, 0.717) is 5.92 Å². The monoisotopic (exact) mass is 243 g/mol. The molecule has 0 amide bonds. The van der Waals surface area contributed by atoms with Gasteiger partial charge in [0.2, 0.25) is 0 Å². The Morgan fingerprint density at radius 3 is 2.67 bits per heavy atom. The van der Waals surface area contributed by atoms with E-state index in [1.54, 1.807) is 11.3 Å². The highest BCUT2D eigenvalue weighted by atomic mass is 32.2. The standard InChI is InChI=1S/C10H17N3S2/c1-4-14-5-7-13-8(6(2)3)9(15-7)10(11)12/h6H,4-5H2,1-3H3,(H3,11,12). The lowest BCUT2D eigenvalue weighted by atomic mass is 10.1. The Morgan fingerprint density at radius 1 is 1.60 bits per heavy atom. The van der Waals surface area contributed by atoms with Crippen molar-refractivity contribution in [2.24, 2.45) is 5.73 Å². The van der Waals surface area contributed by atoms with Crippen molar-refractivity contribution >= 4 is 28.9 Å². The molecule has 5 heteroatoms. The third-order valence-electron chi connectivity index (χ3n) is 1.92. The summed E-state index contributed by atoms with van der Waals surface area (Å²) in [5.41, 5.74) is 6.51. The number of nitrogens with zero attached hydrogens (tertiary/aromatic N) is 1. The van der Waals surface area contributed by atoms with Crippen LogP contribution in [0.4, 0.5) is 0 Å². The fourth-order valence-corrected chi connectivity index (χ4v) is 3.02. The SMILES string of the molecule is CCSCc1nc(C(C)C)c(C(=N)N)s1. The van der Waals surface area contributed by atoms with Crippen molar-refractivity contribution in [2.45, 2.75) is 32.4 Å². The quantitative estimate of drug-likeness (QED) is 0.617. The molecule has 0 saturated carbocycles. The van der Waals surface area contributed by atoms with Crippen LogP contribution in [0, 0.1) is 5.41 Å². The third-order valence-corrected chi connectivity index (χ3v) is 4.09. The first kappa shape index (κ1) is 12.5. The van der Waals surface area contributed by atoms with Crippen molar-refractivity contribution in [2.75, 3.05) is 5.75 Å². The number of nitrogens with two attached hydrogens (primary N) is 1. The molecule has 3 N–H and O–H groups in total. The topological polar surface area (TPSA) is 62.8 Å². The molecule has 0 aliphatic heterocycles. The van der Waals surface area contributed by atoms with Gasteiger partial charge in [-0.25, -0.2) is 4.98 Å². The van der Waals surface area contributed by atoms with Crippen molar-refractivity contribution in [3.8, 4) is 0 Å². The Labute approximate surface area is 99.0 Å². The highest BCUT2D eigenvalue weighted by molar-refractivity contribution is 7.98. The zero-order chi connectivity index (χ0) is 11.4. The van der Waals surface area contributed by atoms with E-state index in [-0.39, 0.29) is 5.84 Å². The van der Waals surface area contributed by atoms with Gasteiger partial charge in [-0.1, -0.05) is 20.8 Å². The predicted molar refractivity (Wildman–Crippen MR) is 69.1 cm³/mol. The first-order chi connectivity index (χ1) is 7.06. The molecule has 1 aromatic heterocycles. The molecule has 15 heavy (non-hydrogen) atoms. The number of hydrogen-bond acceptors (Lipinski definition) is 4. The van der Waals surface area contributed by atoms with Gasteiger partial charge in [0.05, 0.1) is 10.6 Å². The number of nitrogen functional groups attached to an aromatic ring is 1. The number of hydrogen-bond donors (Lipinski definition) is 2. The Kier molecular flexibility index (Phi) is 4.60. The molecule has 0 spiro atoms. The molecule has 1 rings (SSSR count). The van der Waals surface area contributed by atoms with Crippen molar-refractivity contribution < 1.29 is 0 Å². The Hall–Kier alpha value is -0.550. The van der Waals surface area contributed by atoms with Gasteiger partial charge in [0.15, 0.2) is 0 Å². The number of thiazole rings is 1. The number of amidine groups is 1. The van der Waals surface area contributed by atoms with Crippen LogP contribution in [-0.4, -0.2) is 16.6 Å². The maximum atomic E-state index is 7.50. The normalized spacial score (nSPS) is 10.9. The number of thioether (sulfide) groups is 1. The molecule has 0 saturated heterocycles. The van der Waals surface area contributed by atoms with Crippen molar-refractivity contribution in [1.29, 1.82) is 5.41 Å². The minimum Gasteiger partial charge on any atom is -0.383 e. The lowest BCUT2D eigenvalue weighted by molar-refractivity contribution is 0.825. The second-order valence-electron chi connectivity index (χ2n) is 3.53. The number of nitrogens with one attached hydrogen (secondary N) is 1. The Bertz CT molecular complexity index is 344. The van der Waals surface area contributed by atoms with E-state index >= 15 is 0 Å². The average molecular weight is 243 g/mol. The second kappa shape index (κ2) is 5.51. The molecule has 0 fully saturated rings. The molecule has 0 radical (unpaired) electrons. The van der Waals surface area contributed by atoms with Crippen LogP contribution in [0.1, 0.15) is 42.3 Å². The van der Waals surface area contributed by atoms with Gasteiger partial charge in [-0.05, 0) is 11.7 Å². The van der Waals surface area contributed by atoms with E-state index in [0.717, 1.165) is 27.1 Å². The second-order valence-corrected chi connectivity index (χ2v) is 5.89. The molecular formula is C10H17N3S2. The molecule has 0 atom stereocenters. The van der Waals surface area contributed by atoms with Gasteiger partial charge >= 0.3 is 0 Å². The first-order valence-electron chi connectivity index (χ1n) is 4.98. The van der Waals surface area contributed by atoms with Gasteiger partial charge in [-0.2, -0.15) is 11.8 Å². The molecule has 1 heterocycles. The summed E-state index contributed by atoms with van der Waals surface area (Å²) in [5, 5.41) is 8.58. The molecule has 0 aliphatic rings. The molecule has 84 valence electrons. The minimum absolute atomic E-state index is 0.143. The maximum absolute atomic E-state index is 7.50. The molecule has 1 aromatic rings. The fraction of sp³-hybridized carbons (Fsp3) is 0.600. The van der Waals surface area contributed by atoms with E-state index in [2.05, 4.69) is 25.8 Å². The molecule has 3 nitrogen and oxygen atoms in total. The third kappa shape index (κ3) is 3.21. The lowest BCUT2D eigenvalue weighted by Gasteiger charge is -2.02. The van der Waals surface area contributed by atoms with Gasteiger partial charge in [0, 0.05) is 5.75 Å². The van der Waals surface area contributed by atoms with Crippen LogP contribution in [0.2, 0.25) is 0 Å². The van der Waals surface area contributed by atoms with Crippen LogP contribution in [0.5, 0.6) is 0 Å². The number of aromatic nitrogens is 1. The summed E-state index contributed by atoms with van der Waals surface area (Å²) in [6, 6.07) is 0. The van der Waals surface area contributed by atoms with E-state index in [9.17, 15) is 0 Å². The molecule has 0 aliphatic carbocycles. The van der Waals surface area contributed by atoms with Crippen molar-refractivity contribution in [3.63, 3.8) is 0 Å². The van der Waals surface area contributed by atoms with Gasteiger partial charge in [0.1, 0.15) is 10.8 Å². The Morgan fingerprint density at radius 2 is 2.27 bits per heavy atom. The van der Waals surface area contributed by atoms with Gasteiger partial charge in [0.25, 0.3) is 0 Å². The highest BCUT2D eigenvalue weighted by Gasteiger charge is 2.15. The smallest absolute Gasteiger partial charge is 0.135 e. The van der Waals surface area contributed by atoms with Crippen molar-refractivity contribution in [1.82, 2.24) is 4.98 Å². The van der Waals surface area contributed by atoms with Crippen LogP contribution in [0.15, 0.2) is 0 Å². The zero-order valence-corrected chi connectivity index (χ0v) is 11.0. The van der Waals surface area contributed by atoms with Gasteiger partial charge in [-0.3, -0.25) is 5.41 Å². The van der Waals surface area contributed by atoms with Gasteiger partial charge in [-0.15, -0.1) is 11.3 Å². The van der Waals surface area contributed by atoms with E-state index < -0.39 is 0 Å². The summed E-state index contributed by atoms with van der Waals surface area (Å²) in [6.45, 7) is 6.30. The summed E-state index contributed by atoms with van der Waals surface area (Å²) >= 11 is 3.40. The van der Waals surface area contributed by atoms with Gasteiger partial charge < -0.3 is 5.73 Å². The summed E-state index contributed by atoms with van der Waals surface area (Å²) in [5.74, 6) is 2.49. The van der Waals surface area contributed by atoms with Crippen LogP contribution in [-0.2, 0) is 5.75 Å². The molecule has 0 unspecified atom stereocenters. The molecular weight excluding hydrogens is 226 g/mol. The lowest BCUT2D eigenvalue weighted by Crippen LogP contribution is -2.12. The average Bonchev–Trinajstić information content (AvgIpc) is 2.58. The molecule has 0 aromatic carbocycles. The summed E-state index contributed by atoms with van der Waals surface area (Å²) in [7, 11) is 0. The number of rotatable bonds is 5. The van der Waals surface area contributed by atoms with E-state index in [1.165, 1.54) is 0 Å².